The van der Waals surface area contributed by atoms with Crippen LogP contribution in [0.15, 0.2) is 24.3 Å². The third-order valence-corrected chi connectivity index (χ3v) is 4.86. The summed E-state index contributed by atoms with van der Waals surface area (Å²) in [6.45, 7) is 4.35. The highest BCUT2D eigenvalue weighted by Gasteiger charge is 2.32. The van der Waals surface area contributed by atoms with Crippen molar-refractivity contribution in [3.8, 4) is 0 Å². The van der Waals surface area contributed by atoms with Gasteiger partial charge in [-0.2, -0.15) is 0 Å². The van der Waals surface area contributed by atoms with Crippen LogP contribution in [0.4, 0.5) is 10.7 Å². The van der Waals surface area contributed by atoms with Crippen LogP contribution in [0.25, 0.3) is 11.0 Å². The first-order chi connectivity index (χ1) is 12.9. The predicted octanol–water partition coefficient (Wildman–Crippen LogP) is 1.18. The predicted molar refractivity (Wildman–Crippen MR) is 99.5 cm³/mol. The Morgan fingerprint density at radius 1 is 1.26 bits per heavy atom. The molecule has 2 heterocycles. The summed E-state index contributed by atoms with van der Waals surface area (Å²) in [4.78, 5) is 41.9. The molecule has 9 nitrogen and oxygen atoms in total. The van der Waals surface area contributed by atoms with Gasteiger partial charge in [-0.05, 0) is 18.1 Å². The molecule has 0 bridgehead atoms. The number of para-hydroxylation sites is 2. The number of nitrogens with zero attached hydrogens (tertiary/aromatic N) is 3. The fourth-order valence-electron chi connectivity index (χ4n) is 3.17. The Labute approximate surface area is 156 Å². The molecule has 0 unspecified atom stereocenters. The number of fused-ring (bicyclic) bond motifs is 3. The molecule has 3 rings (SSSR count). The van der Waals surface area contributed by atoms with Crippen LogP contribution in [-0.4, -0.2) is 51.7 Å². The van der Waals surface area contributed by atoms with Crippen LogP contribution in [0, 0.1) is 5.92 Å². The first kappa shape index (κ1) is 18.7. The molecule has 0 aliphatic carbocycles. The molecule has 0 radical (unpaired) electrons. The number of nitrogens with one attached hydrogen (secondary N) is 2. The maximum absolute atomic E-state index is 12.8. The van der Waals surface area contributed by atoms with Crippen molar-refractivity contribution in [2.45, 2.75) is 32.9 Å². The summed E-state index contributed by atoms with van der Waals surface area (Å²) in [6.07, 6.45) is 0.657. The summed E-state index contributed by atoms with van der Waals surface area (Å²) in [5.74, 6) is -1.25. The number of carboxylic acids is 1. The van der Waals surface area contributed by atoms with Crippen molar-refractivity contribution < 1.29 is 19.5 Å². The molecule has 1 aliphatic heterocycles. The fourth-order valence-corrected chi connectivity index (χ4v) is 3.17. The number of carbonyl (C=O) groups excluding carboxylic acids is 2. The molecule has 2 aromatic rings. The van der Waals surface area contributed by atoms with E-state index in [9.17, 15) is 14.4 Å². The molecule has 1 aromatic heterocycles. The Hall–Kier alpha value is -3.10. The van der Waals surface area contributed by atoms with Crippen LogP contribution in [0.5, 0.6) is 0 Å². The first-order valence-electron chi connectivity index (χ1n) is 8.95. The lowest BCUT2D eigenvalue weighted by molar-refractivity contribution is -0.138. The second-order valence-electron chi connectivity index (χ2n) is 6.63. The van der Waals surface area contributed by atoms with Crippen LogP contribution in [0.3, 0.4) is 0 Å². The highest BCUT2D eigenvalue weighted by molar-refractivity contribution is 5.97. The molecule has 2 atom stereocenters. The Balaban J connectivity index is 1.77. The SMILES string of the molecule is CC[C@H](C)[C@H](NC(=O)N1CCn2c1nc1ccccc12)C(=O)NCC(=O)O. The number of aromatic nitrogens is 2. The molecule has 9 heteroatoms. The summed E-state index contributed by atoms with van der Waals surface area (Å²) >= 11 is 0. The maximum atomic E-state index is 12.8. The van der Waals surface area contributed by atoms with Gasteiger partial charge in [0.2, 0.25) is 11.9 Å². The maximum Gasteiger partial charge on any atom is 0.324 e. The van der Waals surface area contributed by atoms with E-state index in [1.165, 1.54) is 4.90 Å². The van der Waals surface area contributed by atoms with Crippen molar-refractivity contribution in [3.63, 3.8) is 0 Å². The minimum absolute atomic E-state index is 0.149. The Morgan fingerprint density at radius 3 is 2.70 bits per heavy atom. The smallest absolute Gasteiger partial charge is 0.324 e. The molecule has 3 amide bonds. The molecule has 1 aliphatic rings. The number of hydrogen-bond acceptors (Lipinski definition) is 4. The van der Waals surface area contributed by atoms with E-state index in [0.717, 1.165) is 11.0 Å². The quantitative estimate of drug-likeness (QED) is 0.703. The van der Waals surface area contributed by atoms with Crippen molar-refractivity contribution in [3.05, 3.63) is 24.3 Å². The lowest BCUT2D eigenvalue weighted by Gasteiger charge is -2.25. The fraction of sp³-hybridized carbons (Fsp3) is 0.444. The number of carboxylic acid groups (broad SMARTS) is 1. The zero-order chi connectivity index (χ0) is 19.6. The largest absolute Gasteiger partial charge is 0.480 e. The highest BCUT2D eigenvalue weighted by atomic mass is 16.4. The average molecular weight is 373 g/mol. The molecule has 0 saturated heterocycles. The molecule has 144 valence electrons. The van der Waals surface area contributed by atoms with Crippen LogP contribution in [0.2, 0.25) is 0 Å². The third-order valence-electron chi connectivity index (χ3n) is 4.86. The number of anilines is 1. The van der Waals surface area contributed by atoms with Gasteiger partial charge in [0.1, 0.15) is 12.6 Å². The first-order valence-corrected chi connectivity index (χ1v) is 8.95. The molecule has 27 heavy (non-hydrogen) atoms. The van der Waals surface area contributed by atoms with E-state index in [-0.39, 0.29) is 5.92 Å². The lowest BCUT2D eigenvalue weighted by Crippen LogP contribution is -2.54. The number of hydrogen-bond donors (Lipinski definition) is 3. The molecule has 3 N–H and O–H groups in total. The molecule has 0 fully saturated rings. The van der Waals surface area contributed by atoms with E-state index < -0.39 is 30.5 Å². The zero-order valence-corrected chi connectivity index (χ0v) is 15.3. The summed E-state index contributed by atoms with van der Waals surface area (Å²) in [5, 5.41) is 13.8. The third kappa shape index (κ3) is 3.71. The minimum atomic E-state index is -1.13. The lowest BCUT2D eigenvalue weighted by atomic mass is 9.98. The van der Waals surface area contributed by atoms with Crippen LogP contribution >= 0.6 is 0 Å². The van der Waals surface area contributed by atoms with E-state index in [0.29, 0.717) is 25.5 Å². The van der Waals surface area contributed by atoms with Gasteiger partial charge in [-0.3, -0.25) is 14.5 Å². The zero-order valence-electron chi connectivity index (χ0n) is 15.3. The Morgan fingerprint density at radius 2 is 2.00 bits per heavy atom. The molecular formula is C18H23N5O4. The molecular weight excluding hydrogens is 350 g/mol. The van der Waals surface area contributed by atoms with Gasteiger partial charge in [-0.25, -0.2) is 9.78 Å². The van der Waals surface area contributed by atoms with Gasteiger partial charge < -0.3 is 20.3 Å². The molecule has 0 spiro atoms. The van der Waals surface area contributed by atoms with Gasteiger partial charge in [-0.1, -0.05) is 32.4 Å². The van der Waals surface area contributed by atoms with E-state index in [1.54, 1.807) is 0 Å². The summed E-state index contributed by atoms with van der Waals surface area (Å²) < 4.78 is 1.97. The molecule has 1 aromatic carbocycles. The standard InChI is InChI=1S/C18H23N5O4/c1-3-11(2)15(16(26)19-10-14(24)25)21-18(27)23-9-8-22-13-7-5-4-6-12(13)20-17(22)23/h4-7,11,15H,3,8-10H2,1-2H3,(H,19,26)(H,21,27)(H,24,25)/t11-,15-/m0/s1. The van der Waals surface area contributed by atoms with E-state index >= 15 is 0 Å². The topological polar surface area (TPSA) is 117 Å². The van der Waals surface area contributed by atoms with E-state index in [4.69, 9.17) is 5.11 Å². The van der Waals surface area contributed by atoms with Crippen molar-refractivity contribution in [1.29, 1.82) is 0 Å². The van der Waals surface area contributed by atoms with E-state index in [2.05, 4.69) is 15.6 Å². The van der Waals surface area contributed by atoms with Crippen molar-refractivity contribution in [1.82, 2.24) is 20.2 Å². The van der Waals surface area contributed by atoms with Gasteiger partial charge in [0.05, 0.1) is 11.0 Å². The molecule has 0 saturated carbocycles. The number of benzene rings is 1. The van der Waals surface area contributed by atoms with Crippen LogP contribution < -0.4 is 15.5 Å². The van der Waals surface area contributed by atoms with Crippen molar-refractivity contribution in [2.75, 3.05) is 18.0 Å². The Kier molecular flexibility index (Phi) is 5.29. The highest BCUT2D eigenvalue weighted by Crippen LogP contribution is 2.27. The van der Waals surface area contributed by atoms with Gasteiger partial charge in [0.25, 0.3) is 0 Å². The van der Waals surface area contributed by atoms with Gasteiger partial charge >= 0.3 is 12.0 Å². The Bertz CT molecular complexity index is 878. The van der Waals surface area contributed by atoms with E-state index in [1.807, 2.05) is 42.7 Å². The monoisotopic (exact) mass is 373 g/mol. The number of imidazole rings is 1. The number of carbonyl (C=O) groups is 3. The minimum Gasteiger partial charge on any atom is -0.480 e. The second kappa shape index (κ2) is 7.65. The summed E-state index contributed by atoms with van der Waals surface area (Å²) in [7, 11) is 0. The second-order valence-corrected chi connectivity index (χ2v) is 6.63. The van der Waals surface area contributed by atoms with Crippen molar-refractivity contribution >= 4 is 34.9 Å². The number of aliphatic carboxylic acids is 1. The van der Waals surface area contributed by atoms with Gasteiger partial charge in [0, 0.05) is 13.1 Å². The van der Waals surface area contributed by atoms with Crippen molar-refractivity contribution in [2.24, 2.45) is 5.92 Å². The number of rotatable bonds is 6. The number of urea groups is 1. The summed E-state index contributed by atoms with van der Waals surface area (Å²) in [5.41, 5.74) is 1.77. The average Bonchev–Trinajstić information content (AvgIpc) is 3.22. The summed E-state index contributed by atoms with van der Waals surface area (Å²) in [6, 6.07) is 6.42. The van der Waals surface area contributed by atoms with Crippen LogP contribution in [-0.2, 0) is 16.1 Å². The number of amides is 3. The van der Waals surface area contributed by atoms with Gasteiger partial charge in [-0.15, -0.1) is 0 Å². The van der Waals surface area contributed by atoms with Crippen LogP contribution in [0.1, 0.15) is 20.3 Å². The normalized spacial score (nSPS) is 15.3. The van der Waals surface area contributed by atoms with Gasteiger partial charge in [0.15, 0.2) is 0 Å².